The maximum atomic E-state index is 11.7. The van der Waals surface area contributed by atoms with Gasteiger partial charge in [-0.05, 0) is 34.1 Å². The van der Waals surface area contributed by atoms with E-state index >= 15 is 0 Å². The molecule has 2 N–H and O–H groups in total. The SMILES string of the molecule is CN1CCC(Oc2ccc(S(N)(=O)=O)cc2Br)C1=O. The zero-order chi connectivity index (χ0) is 14.2. The molecule has 1 aliphatic heterocycles. The van der Waals surface area contributed by atoms with Gasteiger partial charge in [0.25, 0.3) is 5.91 Å². The molecule has 8 heteroatoms. The van der Waals surface area contributed by atoms with Gasteiger partial charge in [0.2, 0.25) is 10.0 Å². The third-order valence-electron chi connectivity index (χ3n) is 2.88. The van der Waals surface area contributed by atoms with Crippen molar-refractivity contribution in [3.05, 3.63) is 22.7 Å². The summed E-state index contributed by atoms with van der Waals surface area (Å²) in [6.45, 7) is 0.649. The molecule has 104 valence electrons. The number of hydrogen-bond donors (Lipinski definition) is 1. The summed E-state index contributed by atoms with van der Waals surface area (Å²) in [4.78, 5) is 13.3. The maximum Gasteiger partial charge on any atom is 0.263 e. The number of ether oxygens (including phenoxy) is 1. The van der Waals surface area contributed by atoms with Crippen LogP contribution in [-0.2, 0) is 14.8 Å². The van der Waals surface area contributed by atoms with E-state index < -0.39 is 16.1 Å². The number of hydrogen-bond acceptors (Lipinski definition) is 4. The molecule has 0 radical (unpaired) electrons. The van der Waals surface area contributed by atoms with Crippen molar-refractivity contribution in [1.29, 1.82) is 0 Å². The first-order chi connectivity index (χ1) is 8.79. The summed E-state index contributed by atoms with van der Waals surface area (Å²) in [5.74, 6) is 0.337. The second-order valence-electron chi connectivity index (χ2n) is 4.29. The molecule has 1 atom stereocenters. The van der Waals surface area contributed by atoms with Crippen molar-refractivity contribution in [2.24, 2.45) is 5.14 Å². The van der Waals surface area contributed by atoms with Crippen LogP contribution < -0.4 is 9.88 Å². The van der Waals surface area contributed by atoms with Crippen molar-refractivity contribution in [3.8, 4) is 5.75 Å². The summed E-state index contributed by atoms with van der Waals surface area (Å²) >= 11 is 3.21. The Morgan fingerprint density at radius 1 is 1.47 bits per heavy atom. The van der Waals surface area contributed by atoms with E-state index in [1.54, 1.807) is 11.9 Å². The third kappa shape index (κ3) is 3.07. The van der Waals surface area contributed by atoms with Gasteiger partial charge in [-0.25, -0.2) is 13.6 Å². The summed E-state index contributed by atoms with van der Waals surface area (Å²) in [6.07, 6.45) is 0.0836. The van der Waals surface area contributed by atoms with Crippen LogP contribution in [0.2, 0.25) is 0 Å². The lowest BCUT2D eigenvalue weighted by molar-refractivity contribution is -0.132. The molecule has 0 saturated carbocycles. The molecule has 0 aromatic heterocycles. The van der Waals surface area contributed by atoms with E-state index in [2.05, 4.69) is 15.9 Å². The molecule has 1 heterocycles. The Morgan fingerprint density at radius 3 is 2.63 bits per heavy atom. The number of amides is 1. The topological polar surface area (TPSA) is 89.7 Å². The molecule has 19 heavy (non-hydrogen) atoms. The smallest absolute Gasteiger partial charge is 0.263 e. The van der Waals surface area contributed by atoms with E-state index in [0.717, 1.165) is 0 Å². The standard InChI is InChI=1S/C11H13BrN2O4S/c1-14-5-4-10(11(14)15)18-9-3-2-7(6-8(9)12)19(13,16)17/h2-3,6,10H,4-5H2,1H3,(H2,13,16,17). The van der Waals surface area contributed by atoms with E-state index in [4.69, 9.17) is 9.88 Å². The number of benzene rings is 1. The lowest BCUT2D eigenvalue weighted by Gasteiger charge is -2.14. The molecule has 2 rings (SSSR count). The molecular formula is C11H13BrN2O4S. The second-order valence-corrected chi connectivity index (χ2v) is 6.71. The lowest BCUT2D eigenvalue weighted by Crippen LogP contribution is -2.29. The van der Waals surface area contributed by atoms with Crippen LogP contribution in [0.15, 0.2) is 27.6 Å². The lowest BCUT2D eigenvalue weighted by atomic mass is 10.3. The number of rotatable bonds is 3. The van der Waals surface area contributed by atoms with Gasteiger partial charge in [0.15, 0.2) is 6.10 Å². The number of likely N-dealkylation sites (N-methyl/N-ethyl adjacent to an activating group) is 1. The molecule has 0 bridgehead atoms. The minimum Gasteiger partial charge on any atom is -0.479 e. The van der Waals surface area contributed by atoms with Crippen LogP contribution in [0.4, 0.5) is 0 Å². The minimum atomic E-state index is -3.75. The van der Waals surface area contributed by atoms with Crippen molar-refractivity contribution in [2.75, 3.05) is 13.6 Å². The molecule has 1 saturated heterocycles. The number of nitrogens with two attached hydrogens (primary N) is 1. The summed E-state index contributed by atoms with van der Waals surface area (Å²) in [5, 5.41) is 5.03. The Balaban J connectivity index is 2.21. The molecule has 0 aliphatic carbocycles. The molecule has 1 aliphatic rings. The van der Waals surface area contributed by atoms with E-state index in [9.17, 15) is 13.2 Å². The van der Waals surface area contributed by atoms with Gasteiger partial charge < -0.3 is 9.64 Å². The highest BCUT2D eigenvalue weighted by molar-refractivity contribution is 9.10. The summed E-state index contributed by atoms with van der Waals surface area (Å²) in [7, 11) is -2.04. The van der Waals surface area contributed by atoms with Gasteiger partial charge in [0.05, 0.1) is 9.37 Å². The Labute approximate surface area is 119 Å². The highest BCUT2D eigenvalue weighted by atomic mass is 79.9. The zero-order valence-electron chi connectivity index (χ0n) is 10.2. The van der Waals surface area contributed by atoms with Gasteiger partial charge >= 0.3 is 0 Å². The molecule has 1 aromatic carbocycles. The van der Waals surface area contributed by atoms with Gasteiger partial charge in [-0.15, -0.1) is 0 Å². The van der Waals surface area contributed by atoms with Crippen molar-refractivity contribution < 1.29 is 17.9 Å². The van der Waals surface area contributed by atoms with Crippen LogP contribution >= 0.6 is 15.9 Å². The van der Waals surface area contributed by atoms with Crippen molar-refractivity contribution in [3.63, 3.8) is 0 Å². The molecule has 1 fully saturated rings. The molecular weight excluding hydrogens is 336 g/mol. The van der Waals surface area contributed by atoms with E-state index in [1.807, 2.05) is 0 Å². The number of carbonyl (C=O) groups is 1. The molecule has 1 amide bonds. The molecule has 6 nitrogen and oxygen atoms in total. The van der Waals surface area contributed by atoms with Gasteiger partial charge in [0.1, 0.15) is 5.75 Å². The van der Waals surface area contributed by atoms with Crippen LogP contribution in [-0.4, -0.2) is 38.9 Å². The first-order valence-electron chi connectivity index (χ1n) is 5.53. The molecule has 0 spiro atoms. The highest BCUT2D eigenvalue weighted by Gasteiger charge is 2.31. The van der Waals surface area contributed by atoms with Gasteiger partial charge in [-0.3, -0.25) is 4.79 Å². The minimum absolute atomic E-state index is 0.0124. The normalized spacial score (nSPS) is 19.8. The number of carbonyl (C=O) groups excluding carboxylic acids is 1. The van der Waals surface area contributed by atoms with Gasteiger partial charge in [0, 0.05) is 20.0 Å². The Morgan fingerprint density at radius 2 is 2.16 bits per heavy atom. The summed E-state index contributed by atoms with van der Waals surface area (Å²) in [5.41, 5.74) is 0. The fourth-order valence-corrected chi connectivity index (χ4v) is 2.97. The molecule has 1 aromatic rings. The number of halogens is 1. The fourth-order valence-electron chi connectivity index (χ4n) is 1.81. The Kier molecular flexibility index (Phi) is 3.84. The second kappa shape index (κ2) is 5.10. The predicted octanol–water partition coefficient (Wildman–Crippen LogP) is 0.706. The molecule has 1 unspecified atom stereocenters. The summed E-state index contributed by atoms with van der Waals surface area (Å²) in [6, 6.07) is 4.18. The predicted molar refractivity (Wildman–Crippen MR) is 72.2 cm³/mol. The van der Waals surface area contributed by atoms with Crippen molar-refractivity contribution >= 4 is 31.9 Å². The van der Waals surface area contributed by atoms with Crippen LogP contribution in [0.1, 0.15) is 6.42 Å². The van der Waals surface area contributed by atoms with Crippen molar-refractivity contribution in [1.82, 2.24) is 4.90 Å². The third-order valence-corrected chi connectivity index (χ3v) is 4.41. The van der Waals surface area contributed by atoms with Crippen LogP contribution in [0.25, 0.3) is 0 Å². The van der Waals surface area contributed by atoms with E-state index in [0.29, 0.717) is 23.2 Å². The van der Waals surface area contributed by atoms with Crippen LogP contribution in [0, 0.1) is 0 Å². The highest BCUT2D eigenvalue weighted by Crippen LogP contribution is 2.29. The summed E-state index contributed by atoms with van der Waals surface area (Å²) < 4.78 is 28.4. The average Bonchev–Trinajstić information content (AvgIpc) is 2.62. The van der Waals surface area contributed by atoms with E-state index in [-0.39, 0.29) is 10.8 Å². The first kappa shape index (κ1) is 14.3. The number of sulfonamides is 1. The first-order valence-corrected chi connectivity index (χ1v) is 7.87. The number of nitrogens with zero attached hydrogens (tertiary/aromatic N) is 1. The zero-order valence-corrected chi connectivity index (χ0v) is 12.6. The van der Waals surface area contributed by atoms with E-state index in [1.165, 1.54) is 18.2 Å². The van der Waals surface area contributed by atoms with Crippen molar-refractivity contribution in [2.45, 2.75) is 17.4 Å². The maximum absolute atomic E-state index is 11.7. The van der Waals surface area contributed by atoms with Crippen LogP contribution in [0.3, 0.4) is 0 Å². The monoisotopic (exact) mass is 348 g/mol. The average molecular weight is 349 g/mol. The fraction of sp³-hybridized carbons (Fsp3) is 0.364. The van der Waals surface area contributed by atoms with Gasteiger partial charge in [-0.2, -0.15) is 0 Å². The number of primary sulfonamides is 1. The van der Waals surface area contributed by atoms with Crippen LogP contribution in [0.5, 0.6) is 5.75 Å². The quantitative estimate of drug-likeness (QED) is 0.870. The largest absolute Gasteiger partial charge is 0.479 e. The van der Waals surface area contributed by atoms with Gasteiger partial charge in [-0.1, -0.05) is 0 Å². The Hall–Kier alpha value is -1.12. The number of likely N-dealkylation sites (tertiary alicyclic amines) is 1. The Bertz CT molecular complexity index is 617.